The lowest BCUT2D eigenvalue weighted by Crippen LogP contribution is -2.12. The van der Waals surface area contributed by atoms with E-state index in [0.29, 0.717) is 77.2 Å². The normalized spacial score (nSPS) is 12.7. The second-order valence-corrected chi connectivity index (χ2v) is 12.5. The number of ether oxygens (including phenoxy) is 2. The average Bonchev–Trinajstić information content (AvgIpc) is 3.39. The van der Waals surface area contributed by atoms with Crippen molar-refractivity contribution in [1.82, 2.24) is 0 Å². The summed E-state index contributed by atoms with van der Waals surface area (Å²) in [5.74, 6) is -0.197. The summed E-state index contributed by atoms with van der Waals surface area (Å²) in [6.45, 7) is 3.88. The van der Waals surface area contributed by atoms with E-state index >= 15 is 4.79 Å². The minimum Gasteiger partial charge on any atom is -0.422 e. The molecule has 0 saturated heterocycles. The fraction of sp³-hybridized carbons (Fsp3) is 0.146. The van der Waals surface area contributed by atoms with Crippen molar-refractivity contribution in [3.63, 3.8) is 0 Å². The van der Waals surface area contributed by atoms with Crippen molar-refractivity contribution in [2.45, 2.75) is 27.1 Å². The third-order valence-electron chi connectivity index (χ3n) is 10.1. The summed E-state index contributed by atoms with van der Waals surface area (Å²) in [7, 11) is 3.14. The zero-order valence-corrected chi connectivity index (χ0v) is 26.7. The number of benzene rings is 6. The van der Waals surface area contributed by atoms with Gasteiger partial charge < -0.3 is 18.3 Å². The Balaban J connectivity index is 1.68. The molecule has 2 aromatic heterocycles. The minimum atomic E-state index is -0.505. The highest BCUT2D eigenvalue weighted by molar-refractivity contribution is 6.38. The molecule has 7 nitrogen and oxygen atoms in total. The third kappa shape index (κ3) is 3.57. The van der Waals surface area contributed by atoms with Crippen molar-refractivity contribution in [3.05, 3.63) is 127 Å². The van der Waals surface area contributed by atoms with Crippen molar-refractivity contribution >= 4 is 70.8 Å². The minimum absolute atomic E-state index is 0.0964. The van der Waals surface area contributed by atoms with E-state index in [-0.39, 0.29) is 19.0 Å². The quantitative estimate of drug-likeness (QED) is 0.142. The van der Waals surface area contributed by atoms with Gasteiger partial charge in [-0.1, -0.05) is 60.7 Å². The fourth-order valence-corrected chi connectivity index (χ4v) is 8.13. The topological polar surface area (TPSA) is 96.0 Å². The van der Waals surface area contributed by atoms with Gasteiger partial charge in [0.1, 0.15) is 11.2 Å². The van der Waals surface area contributed by atoms with E-state index in [1.54, 1.807) is 14.2 Å². The van der Waals surface area contributed by atoms with Gasteiger partial charge in [0.25, 0.3) is 0 Å². The number of aryl methyl sites for hydroxylation is 2. The molecular weight excluding hydrogens is 604 g/mol. The highest BCUT2D eigenvalue weighted by Gasteiger charge is 2.39. The summed E-state index contributed by atoms with van der Waals surface area (Å²) >= 11 is 0. The number of hydrogen-bond donors (Lipinski definition) is 0. The summed E-state index contributed by atoms with van der Waals surface area (Å²) < 4.78 is 23.4. The predicted molar refractivity (Wildman–Crippen MR) is 188 cm³/mol. The van der Waals surface area contributed by atoms with Gasteiger partial charge in [-0.05, 0) is 69.8 Å². The van der Waals surface area contributed by atoms with Crippen molar-refractivity contribution in [3.8, 4) is 11.1 Å². The number of carbonyl (C=O) groups excluding carboxylic acids is 1. The van der Waals surface area contributed by atoms with Crippen LogP contribution in [0.15, 0.2) is 91.2 Å². The van der Waals surface area contributed by atoms with Crippen LogP contribution in [0, 0.1) is 13.8 Å². The molecule has 1 aliphatic rings. The highest BCUT2D eigenvalue weighted by Crippen LogP contribution is 2.53. The molecule has 8 aromatic rings. The highest BCUT2D eigenvalue weighted by atomic mass is 16.5. The molecule has 2 heterocycles. The zero-order valence-electron chi connectivity index (χ0n) is 26.7. The van der Waals surface area contributed by atoms with E-state index in [1.165, 1.54) is 0 Å². The van der Waals surface area contributed by atoms with Crippen LogP contribution in [0.25, 0.3) is 76.2 Å². The molecular formula is C41H28O7. The van der Waals surface area contributed by atoms with Crippen molar-refractivity contribution < 1.29 is 23.1 Å². The summed E-state index contributed by atoms with van der Waals surface area (Å²) in [6, 6.07) is 23.3. The first kappa shape index (κ1) is 28.6. The predicted octanol–water partition coefficient (Wildman–Crippen LogP) is 8.63. The van der Waals surface area contributed by atoms with Gasteiger partial charge in [0.2, 0.25) is 0 Å². The monoisotopic (exact) mass is 632 g/mol. The van der Waals surface area contributed by atoms with Gasteiger partial charge in [-0.2, -0.15) is 0 Å². The largest absolute Gasteiger partial charge is 0.422 e. The van der Waals surface area contributed by atoms with E-state index in [2.05, 4.69) is 0 Å². The summed E-state index contributed by atoms with van der Waals surface area (Å²) in [4.78, 5) is 43.2. The lowest BCUT2D eigenvalue weighted by atomic mass is 9.85. The maximum atomic E-state index is 15.1. The maximum absolute atomic E-state index is 15.1. The van der Waals surface area contributed by atoms with Crippen LogP contribution in [0.1, 0.15) is 38.2 Å². The smallest absolute Gasteiger partial charge is 0.344 e. The number of ketones is 1. The number of methoxy groups -OCH3 is 2. The van der Waals surface area contributed by atoms with Crippen molar-refractivity contribution in [1.29, 1.82) is 0 Å². The Morgan fingerprint density at radius 2 is 0.917 bits per heavy atom. The lowest BCUT2D eigenvalue weighted by molar-refractivity contribution is 0.103. The molecule has 0 N–H and O–H groups in total. The van der Waals surface area contributed by atoms with Crippen LogP contribution < -0.4 is 11.3 Å². The number of carbonyl (C=O) groups is 1. The Labute approximate surface area is 272 Å². The van der Waals surface area contributed by atoms with Crippen LogP contribution in [0.4, 0.5) is 0 Å². The molecule has 0 unspecified atom stereocenters. The molecule has 0 saturated carbocycles. The van der Waals surface area contributed by atoms with E-state index in [0.717, 1.165) is 32.3 Å². The Morgan fingerprint density at radius 3 is 1.33 bits per heavy atom. The van der Waals surface area contributed by atoms with Gasteiger partial charge in [-0.15, -0.1) is 0 Å². The average molecular weight is 633 g/mol. The van der Waals surface area contributed by atoms with Crippen molar-refractivity contribution in [2.24, 2.45) is 0 Å². The molecule has 7 heteroatoms. The van der Waals surface area contributed by atoms with Crippen LogP contribution >= 0.6 is 0 Å². The fourth-order valence-electron chi connectivity index (χ4n) is 8.13. The van der Waals surface area contributed by atoms with Crippen LogP contribution in [-0.2, 0) is 22.7 Å². The molecule has 0 amide bonds. The third-order valence-corrected chi connectivity index (χ3v) is 10.1. The molecule has 0 fully saturated rings. The molecule has 48 heavy (non-hydrogen) atoms. The number of hydrogen-bond acceptors (Lipinski definition) is 7. The van der Waals surface area contributed by atoms with E-state index in [1.807, 2.05) is 86.6 Å². The van der Waals surface area contributed by atoms with Gasteiger partial charge in [0.15, 0.2) is 5.78 Å². The van der Waals surface area contributed by atoms with E-state index < -0.39 is 11.3 Å². The maximum Gasteiger partial charge on any atom is 0.344 e. The summed E-state index contributed by atoms with van der Waals surface area (Å²) in [6.07, 6.45) is 0. The molecule has 6 aromatic carbocycles. The standard InChI is InChI=1S/C41H28O7/c1-19-25(17-45-3)33-37(35-29(19)40(43)47-27-15-13-21-9-5-7-11-23(21)31(27)35)38-34(39(33)42)26(18-46-4)20(2)30-36(38)32-24-12-8-6-10-22(24)14-16-28(32)48-41(30)44/h5-16H,17-18H2,1-4H3. The van der Waals surface area contributed by atoms with Crippen LogP contribution in [0.5, 0.6) is 0 Å². The zero-order chi connectivity index (χ0) is 33.0. The summed E-state index contributed by atoms with van der Waals surface area (Å²) in [5.41, 5.74) is 4.40. The second-order valence-electron chi connectivity index (χ2n) is 12.5. The molecule has 0 aliphatic heterocycles. The summed E-state index contributed by atoms with van der Waals surface area (Å²) in [5, 5.41) is 7.14. The van der Waals surface area contributed by atoms with Crippen molar-refractivity contribution in [2.75, 3.05) is 14.2 Å². The SMILES string of the molecule is COCc1c2c(c3c(c1C)c(=O)oc1ccc4ccccc4c13)-c1c(c(COC)c(C)c3c(=O)oc4ccc5ccccc5c4c13)C2=O. The second kappa shape index (κ2) is 10.2. The van der Waals surface area contributed by atoms with Gasteiger partial charge in [-0.3, -0.25) is 4.79 Å². The van der Waals surface area contributed by atoms with E-state index in [4.69, 9.17) is 18.3 Å². The molecule has 0 atom stereocenters. The van der Waals surface area contributed by atoms with Gasteiger partial charge >= 0.3 is 11.3 Å². The molecule has 234 valence electrons. The number of rotatable bonds is 4. The Bertz CT molecular complexity index is 2690. The van der Waals surface area contributed by atoms with Gasteiger partial charge in [0, 0.05) is 58.0 Å². The Kier molecular flexibility index (Phi) is 6.06. The van der Waals surface area contributed by atoms with Gasteiger partial charge in [-0.25, -0.2) is 9.59 Å². The van der Waals surface area contributed by atoms with E-state index in [9.17, 15) is 9.59 Å². The first-order valence-corrected chi connectivity index (χ1v) is 15.8. The molecule has 1 aliphatic carbocycles. The Hall–Kier alpha value is -5.63. The first-order valence-electron chi connectivity index (χ1n) is 15.8. The Morgan fingerprint density at radius 1 is 0.500 bits per heavy atom. The van der Waals surface area contributed by atoms with Crippen LogP contribution in [0.2, 0.25) is 0 Å². The lowest BCUT2D eigenvalue weighted by Gasteiger charge is -2.19. The van der Waals surface area contributed by atoms with Gasteiger partial charge in [0.05, 0.1) is 24.0 Å². The molecule has 0 radical (unpaired) electrons. The molecule has 9 rings (SSSR count). The van der Waals surface area contributed by atoms with Crippen LogP contribution in [-0.4, -0.2) is 20.0 Å². The molecule has 0 bridgehead atoms. The first-order chi connectivity index (χ1) is 23.3. The number of fused-ring (bicyclic) bond motifs is 15. The van der Waals surface area contributed by atoms with Crippen LogP contribution in [0.3, 0.4) is 0 Å². The molecule has 0 spiro atoms.